The van der Waals surface area contributed by atoms with E-state index in [1.54, 1.807) is 0 Å². The van der Waals surface area contributed by atoms with Gasteiger partial charge in [-0.05, 0) is 30.5 Å². The SMILES string of the molecule is CCC(C)C(C(=O)OC(C)C(=O)Nc1ccccc1C(F)(F)F)c1ccccc1. The predicted molar refractivity (Wildman–Crippen MR) is 104 cm³/mol. The summed E-state index contributed by atoms with van der Waals surface area (Å²) in [5.41, 5.74) is -0.579. The first kappa shape index (κ1) is 22.5. The Bertz CT molecular complexity index is 837. The van der Waals surface area contributed by atoms with Gasteiger partial charge < -0.3 is 10.1 Å². The summed E-state index contributed by atoms with van der Waals surface area (Å²) in [4.78, 5) is 25.1. The summed E-state index contributed by atoms with van der Waals surface area (Å²) >= 11 is 0. The molecule has 29 heavy (non-hydrogen) atoms. The van der Waals surface area contributed by atoms with Gasteiger partial charge in [0.05, 0.1) is 17.2 Å². The molecule has 4 nitrogen and oxygen atoms in total. The number of carbonyl (C=O) groups excluding carboxylic acids is 2. The van der Waals surface area contributed by atoms with Gasteiger partial charge in [-0.1, -0.05) is 62.7 Å². The van der Waals surface area contributed by atoms with Gasteiger partial charge in [0.15, 0.2) is 6.10 Å². The van der Waals surface area contributed by atoms with Crippen LogP contribution >= 0.6 is 0 Å². The number of carbonyl (C=O) groups is 2. The van der Waals surface area contributed by atoms with Crippen molar-refractivity contribution in [3.05, 3.63) is 65.7 Å². The molecule has 1 amide bonds. The minimum atomic E-state index is -4.61. The highest BCUT2D eigenvalue weighted by Gasteiger charge is 2.34. The first-order valence-electron chi connectivity index (χ1n) is 9.37. The topological polar surface area (TPSA) is 55.4 Å². The van der Waals surface area contributed by atoms with Crippen LogP contribution < -0.4 is 5.32 Å². The molecule has 3 unspecified atom stereocenters. The standard InChI is InChI=1S/C22H24F3NO3/c1-4-14(2)19(16-10-6-5-7-11-16)21(28)29-15(3)20(27)26-18-13-9-8-12-17(18)22(23,24)25/h5-15,19H,4H2,1-3H3,(H,26,27). The summed E-state index contributed by atoms with van der Waals surface area (Å²) in [6.45, 7) is 5.18. The van der Waals surface area contributed by atoms with Crippen molar-refractivity contribution in [3.8, 4) is 0 Å². The number of ether oxygens (including phenoxy) is 1. The van der Waals surface area contributed by atoms with Crippen molar-refractivity contribution in [3.63, 3.8) is 0 Å². The number of para-hydroxylation sites is 1. The molecule has 0 saturated heterocycles. The minimum absolute atomic E-state index is 0.0360. The summed E-state index contributed by atoms with van der Waals surface area (Å²) < 4.78 is 44.6. The Morgan fingerprint density at radius 2 is 1.59 bits per heavy atom. The van der Waals surface area contributed by atoms with Crippen LogP contribution in [0.1, 0.15) is 44.2 Å². The van der Waals surface area contributed by atoms with Crippen LogP contribution in [0.5, 0.6) is 0 Å². The number of amides is 1. The molecule has 0 spiro atoms. The van der Waals surface area contributed by atoms with E-state index in [1.807, 2.05) is 44.2 Å². The Labute approximate surface area is 168 Å². The van der Waals surface area contributed by atoms with Crippen molar-refractivity contribution >= 4 is 17.6 Å². The van der Waals surface area contributed by atoms with E-state index in [9.17, 15) is 22.8 Å². The van der Waals surface area contributed by atoms with E-state index in [4.69, 9.17) is 4.74 Å². The Hall–Kier alpha value is -2.83. The molecule has 0 saturated carbocycles. The molecule has 0 fully saturated rings. The lowest BCUT2D eigenvalue weighted by Crippen LogP contribution is -2.33. The lowest BCUT2D eigenvalue weighted by molar-refractivity contribution is -0.156. The van der Waals surface area contributed by atoms with E-state index < -0.39 is 35.6 Å². The van der Waals surface area contributed by atoms with Gasteiger partial charge in [-0.15, -0.1) is 0 Å². The monoisotopic (exact) mass is 407 g/mol. The minimum Gasteiger partial charge on any atom is -0.452 e. The molecule has 0 aliphatic heterocycles. The van der Waals surface area contributed by atoms with Crippen molar-refractivity contribution in [2.24, 2.45) is 5.92 Å². The normalized spacial score (nSPS) is 14.6. The number of rotatable bonds is 7. The Morgan fingerprint density at radius 3 is 2.17 bits per heavy atom. The third-order valence-electron chi connectivity index (χ3n) is 4.78. The highest BCUT2D eigenvalue weighted by Crippen LogP contribution is 2.34. The number of alkyl halides is 3. The Kier molecular flexibility index (Phi) is 7.42. The second-order valence-electron chi connectivity index (χ2n) is 6.89. The van der Waals surface area contributed by atoms with Crippen LogP contribution in [0.15, 0.2) is 54.6 Å². The van der Waals surface area contributed by atoms with Gasteiger partial charge >= 0.3 is 12.1 Å². The zero-order valence-corrected chi connectivity index (χ0v) is 16.5. The number of hydrogen-bond acceptors (Lipinski definition) is 3. The van der Waals surface area contributed by atoms with Crippen molar-refractivity contribution in [2.75, 3.05) is 5.32 Å². The molecular formula is C22H24F3NO3. The van der Waals surface area contributed by atoms with Gasteiger partial charge in [-0.3, -0.25) is 9.59 Å². The number of anilines is 1. The molecule has 3 atom stereocenters. The zero-order valence-electron chi connectivity index (χ0n) is 16.5. The number of halogens is 3. The average molecular weight is 407 g/mol. The molecule has 0 heterocycles. The van der Waals surface area contributed by atoms with Crippen LogP contribution in [0, 0.1) is 5.92 Å². The molecular weight excluding hydrogens is 383 g/mol. The summed E-state index contributed by atoms with van der Waals surface area (Å²) in [6, 6.07) is 13.7. The van der Waals surface area contributed by atoms with Crippen LogP contribution in [0.3, 0.4) is 0 Å². The first-order chi connectivity index (χ1) is 13.6. The maximum atomic E-state index is 13.1. The summed E-state index contributed by atoms with van der Waals surface area (Å²) in [5, 5.41) is 2.21. The molecule has 0 aliphatic rings. The molecule has 7 heteroatoms. The van der Waals surface area contributed by atoms with Crippen LogP contribution in [0.4, 0.5) is 18.9 Å². The lowest BCUT2D eigenvalue weighted by Gasteiger charge is -2.24. The second-order valence-corrected chi connectivity index (χ2v) is 6.89. The molecule has 0 aromatic heterocycles. The molecule has 0 aliphatic carbocycles. The lowest BCUT2D eigenvalue weighted by atomic mass is 9.85. The Morgan fingerprint density at radius 1 is 1.00 bits per heavy atom. The van der Waals surface area contributed by atoms with E-state index in [2.05, 4.69) is 5.32 Å². The quantitative estimate of drug-likeness (QED) is 0.625. The summed E-state index contributed by atoms with van der Waals surface area (Å²) in [6.07, 6.45) is -5.15. The van der Waals surface area contributed by atoms with Gasteiger partial charge in [0.2, 0.25) is 0 Å². The summed E-state index contributed by atoms with van der Waals surface area (Å²) in [7, 11) is 0. The third-order valence-corrected chi connectivity index (χ3v) is 4.78. The number of benzene rings is 2. The van der Waals surface area contributed by atoms with E-state index in [0.717, 1.165) is 17.7 Å². The number of nitrogens with one attached hydrogen (secondary N) is 1. The number of esters is 1. The number of hydrogen-bond donors (Lipinski definition) is 1. The van der Waals surface area contributed by atoms with Crippen molar-refractivity contribution in [2.45, 2.75) is 45.4 Å². The van der Waals surface area contributed by atoms with Gasteiger partial charge in [-0.2, -0.15) is 13.2 Å². The molecule has 0 radical (unpaired) electrons. The van der Waals surface area contributed by atoms with Crippen LogP contribution in [0.25, 0.3) is 0 Å². The largest absolute Gasteiger partial charge is 0.452 e. The molecule has 2 aromatic rings. The molecule has 2 rings (SSSR count). The van der Waals surface area contributed by atoms with Gasteiger partial charge in [0.1, 0.15) is 0 Å². The molecule has 0 bridgehead atoms. The van der Waals surface area contributed by atoms with Crippen LogP contribution in [-0.4, -0.2) is 18.0 Å². The van der Waals surface area contributed by atoms with Gasteiger partial charge in [0, 0.05) is 0 Å². The first-order valence-corrected chi connectivity index (χ1v) is 9.37. The van der Waals surface area contributed by atoms with Crippen LogP contribution in [-0.2, 0) is 20.5 Å². The molecule has 156 valence electrons. The van der Waals surface area contributed by atoms with E-state index in [1.165, 1.54) is 19.1 Å². The van der Waals surface area contributed by atoms with E-state index in [-0.39, 0.29) is 11.6 Å². The maximum absolute atomic E-state index is 13.1. The summed E-state index contributed by atoms with van der Waals surface area (Å²) in [5.74, 6) is -2.02. The fourth-order valence-electron chi connectivity index (χ4n) is 2.97. The third kappa shape index (κ3) is 5.82. The Balaban J connectivity index is 2.13. The average Bonchev–Trinajstić information content (AvgIpc) is 2.68. The highest BCUT2D eigenvalue weighted by molar-refractivity contribution is 5.96. The van der Waals surface area contributed by atoms with Gasteiger partial charge in [0.25, 0.3) is 5.91 Å². The second kappa shape index (κ2) is 9.58. The maximum Gasteiger partial charge on any atom is 0.418 e. The van der Waals surface area contributed by atoms with Gasteiger partial charge in [-0.25, -0.2) is 0 Å². The van der Waals surface area contributed by atoms with E-state index in [0.29, 0.717) is 6.42 Å². The fourth-order valence-corrected chi connectivity index (χ4v) is 2.97. The fraction of sp³-hybridized carbons (Fsp3) is 0.364. The zero-order chi connectivity index (χ0) is 21.6. The van der Waals surface area contributed by atoms with E-state index >= 15 is 0 Å². The predicted octanol–water partition coefficient (Wildman–Crippen LogP) is 5.41. The smallest absolute Gasteiger partial charge is 0.418 e. The van der Waals surface area contributed by atoms with Crippen LogP contribution in [0.2, 0.25) is 0 Å². The van der Waals surface area contributed by atoms with Crippen molar-refractivity contribution in [1.29, 1.82) is 0 Å². The molecule has 2 aromatic carbocycles. The van der Waals surface area contributed by atoms with Crippen molar-refractivity contribution in [1.82, 2.24) is 0 Å². The van der Waals surface area contributed by atoms with Crippen molar-refractivity contribution < 1.29 is 27.5 Å². The highest BCUT2D eigenvalue weighted by atomic mass is 19.4. The molecule has 1 N–H and O–H groups in total.